The Bertz CT molecular complexity index is 702. The van der Waals surface area contributed by atoms with Gasteiger partial charge < -0.3 is 4.90 Å². The molecular weight excluding hydrogens is 281 g/mol. The van der Waals surface area contributed by atoms with Gasteiger partial charge in [0, 0.05) is 37.7 Å². The van der Waals surface area contributed by atoms with Gasteiger partial charge in [-0.15, -0.1) is 0 Å². The molecule has 0 radical (unpaired) electrons. The van der Waals surface area contributed by atoms with Crippen LogP contribution in [0.3, 0.4) is 0 Å². The number of hydrogen-bond donors (Lipinski definition) is 0. The van der Waals surface area contributed by atoms with Gasteiger partial charge in [-0.2, -0.15) is 0 Å². The average Bonchev–Trinajstić information content (AvgIpc) is 2.55. The summed E-state index contributed by atoms with van der Waals surface area (Å²) in [7, 11) is 0. The van der Waals surface area contributed by atoms with Crippen LogP contribution in [0.25, 0.3) is 0 Å². The molecule has 2 heterocycles. The number of carbonyl (C=O) groups excluding carboxylic acids is 1. The van der Waals surface area contributed by atoms with Crippen LogP contribution in [0, 0.1) is 12.7 Å². The van der Waals surface area contributed by atoms with Gasteiger partial charge in [-0.05, 0) is 30.5 Å². The molecule has 0 saturated carbocycles. The normalized spacial score (nSPS) is 13.8. The Labute approximate surface area is 129 Å². The second kappa shape index (κ2) is 6.22. The van der Waals surface area contributed by atoms with Crippen molar-refractivity contribution in [1.82, 2.24) is 14.9 Å². The summed E-state index contributed by atoms with van der Waals surface area (Å²) in [6.07, 6.45) is 5.18. The van der Waals surface area contributed by atoms with Crippen LogP contribution in [0.2, 0.25) is 0 Å². The number of nitrogens with zero attached hydrogens (tertiary/aromatic N) is 3. The maximum Gasteiger partial charge on any atom is 0.223 e. The number of hydrogen-bond acceptors (Lipinski definition) is 3. The number of benzene rings is 1. The first kappa shape index (κ1) is 14.6. The van der Waals surface area contributed by atoms with Gasteiger partial charge in [0.25, 0.3) is 0 Å². The van der Waals surface area contributed by atoms with Crippen molar-refractivity contribution in [2.45, 2.75) is 32.7 Å². The van der Waals surface area contributed by atoms with Crippen molar-refractivity contribution < 1.29 is 9.18 Å². The van der Waals surface area contributed by atoms with Crippen molar-refractivity contribution in [3.63, 3.8) is 0 Å². The predicted octanol–water partition coefficient (Wildman–Crippen LogP) is 2.44. The highest BCUT2D eigenvalue weighted by atomic mass is 19.1. The molecule has 0 spiro atoms. The first-order chi connectivity index (χ1) is 10.6. The van der Waals surface area contributed by atoms with E-state index in [1.807, 2.05) is 11.0 Å². The first-order valence-electron chi connectivity index (χ1n) is 7.44. The molecule has 1 aromatic heterocycles. The molecule has 1 aromatic carbocycles. The Balaban J connectivity index is 1.60. The topological polar surface area (TPSA) is 46.1 Å². The number of halogens is 1. The van der Waals surface area contributed by atoms with E-state index in [-0.39, 0.29) is 11.7 Å². The summed E-state index contributed by atoms with van der Waals surface area (Å²) in [5, 5.41) is 0. The minimum absolute atomic E-state index is 0.122. The fourth-order valence-corrected chi connectivity index (χ4v) is 2.75. The molecule has 2 aromatic rings. The Kier molecular flexibility index (Phi) is 4.13. The SMILES string of the molecule is Cc1cc(CCC(=O)N2CCc3ncncc3C2)ccc1F. The molecule has 114 valence electrons. The zero-order valence-corrected chi connectivity index (χ0v) is 12.6. The van der Waals surface area contributed by atoms with Gasteiger partial charge in [0.05, 0.1) is 5.69 Å². The Morgan fingerprint density at radius 1 is 1.41 bits per heavy atom. The largest absolute Gasteiger partial charge is 0.338 e. The van der Waals surface area contributed by atoms with Crippen LogP contribution in [0.1, 0.15) is 28.8 Å². The van der Waals surface area contributed by atoms with E-state index in [0.717, 1.165) is 23.2 Å². The highest BCUT2D eigenvalue weighted by molar-refractivity contribution is 5.76. The molecule has 1 amide bonds. The smallest absolute Gasteiger partial charge is 0.223 e. The van der Waals surface area contributed by atoms with Crippen molar-refractivity contribution >= 4 is 5.91 Å². The van der Waals surface area contributed by atoms with Gasteiger partial charge in [-0.25, -0.2) is 14.4 Å². The summed E-state index contributed by atoms with van der Waals surface area (Å²) >= 11 is 0. The van der Waals surface area contributed by atoms with E-state index in [9.17, 15) is 9.18 Å². The molecular formula is C17H18FN3O. The lowest BCUT2D eigenvalue weighted by Crippen LogP contribution is -2.36. The van der Waals surface area contributed by atoms with Crippen LogP contribution in [-0.2, 0) is 24.2 Å². The molecule has 0 unspecified atom stereocenters. The summed E-state index contributed by atoms with van der Waals surface area (Å²) in [5.41, 5.74) is 3.68. The van der Waals surface area contributed by atoms with Gasteiger partial charge in [-0.1, -0.05) is 12.1 Å². The summed E-state index contributed by atoms with van der Waals surface area (Å²) in [6.45, 7) is 3.02. The molecule has 4 nitrogen and oxygen atoms in total. The minimum Gasteiger partial charge on any atom is -0.338 e. The van der Waals surface area contributed by atoms with Crippen LogP contribution < -0.4 is 0 Å². The van der Waals surface area contributed by atoms with Crippen LogP contribution >= 0.6 is 0 Å². The summed E-state index contributed by atoms with van der Waals surface area (Å²) < 4.78 is 13.2. The van der Waals surface area contributed by atoms with Crippen LogP contribution in [0.15, 0.2) is 30.7 Å². The van der Waals surface area contributed by atoms with Crippen molar-refractivity contribution in [2.24, 2.45) is 0 Å². The van der Waals surface area contributed by atoms with Crippen LogP contribution in [0.5, 0.6) is 0 Å². The molecule has 0 fully saturated rings. The maximum absolute atomic E-state index is 13.2. The lowest BCUT2D eigenvalue weighted by atomic mass is 10.0. The third-order valence-corrected chi connectivity index (χ3v) is 4.06. The van der Waals surface area contributed by atoms with Crippen molar-refractivity contribution in [3.8, 4) is 0 Å². The third kappa shape index (κ3) is 3.13. The average molecular weight is 299 g/mol. The Morgan fingerprint density at radius 3 is 3.09 bits per heavy atom. The molecule has 22 heavy (non-hydrogen) atoms. The number of aryl methyl sites for hydroxylation is 2. The highest BCUT2D eigenvalue weighted by Gasteiger charge is 2.21. The standard InChI is InChI=1S/C17H18FN3O/c1-12-8-13(2-4-15(12)18)3-5-17(22)21-7-6-16-14(10-21)9-19-11-20-16/h2,4,8-9,11H,3,5-7,10H2,1H3. The minimum atomic E-state index is -0.206. The van der Waals surface area contributed by atoms with Crippen LogP contribution in [-0.4, -0.2) is 27.3 Å². The number of rotatable bonds is 3. The lowest BCUT2D eigenvalue weighted by molar-refractivity contribution is -0.132. The zero-order chi connectivity index (χ0) is 15.5. The van der Waals surface area contributed by atoms with E-state index in [4.69, 9.17) is 0 Å². The predicted molar refractivity (Wildman–Crippen MR) is 80.6 cm³/mol. The molecule has 3 rings (SSSR count). The quantitative estimate of drug-likeness (QED) is 0.874. The maximum atomic E-state index is 13.2. The Hall–Kier alpha value is -2.30. The summed E-state index contributed by atoms with van der Waals surface area (Å²) in [6, 6.07) is 5.01. The van der Waals surface area contributed by atoms with E-state index in [0.29, 0.717) is 31.5 Å². The van der Waals surface area contributed by atoms with Gasteiger partial charge in [0.1, 0.15) is 12.1 Å². The van der Waals surface area contributed by atoms with Crippen molar-refractivity contribution in [2.75, 3.05) is 6.54 Å². The third-order valence-electron chi connectivity index (χ3n) is 4.06. The van der Waals surface area contributed by atoms with Gasteiger partial charge in [0.15, 0.2) is 0 Å². The van der Waals surface area contributed by atoms with Gasteiger partial charge >= 0.3 is 0 Å². The van der Waals surface area contributed by atoms with E-state index < -0.39 is 0 Å². The monoisotopic (exact) mass is 299 g/mol. The summed E-state index contributed by atoms with van der Waals surface area (Å²) in [5.74, 6) is -0.0841. The lowest BCUT2D eigenvalue weighted by Gasteiger charge is -2.27. The fraction of sp³-hybridized carbons (Fsp3) is 0.353. The second-order valence-corrected chi connectivity index (χ2v) is 5.64. The molecule has 0 aliphatic carbocycles. The number of fused-ring (bicyclic) bond motifs is 1. The van der Waals surface area contributed by atoms with Crippen molar-refractivity contribution in [1.29, 1.82) is 0 Å². The molecule has 1 aliphatic rings. The molecule has 0 bridgehead atoms. The summed E-state index contributed by atoms with van der Waals surface area (Å²) in [4.78, 5) is 22.5. The molecule has 0 atom stereocenters. The highest BCUT2D eigenvalue weighted by Crippen LogP contribution is 2.17. The number of amides is 1. The fourth-order valence-electron chi connectivity index (χ4n) is 2.75. The number of aromatic nitrogens is 2. The second-order valence-electron chi connectivity index (χ2n) is 5.64. The molecule has 0 N–H and O–H groups in total. The number of carbonyl (C=O) groups is 1. The van der Waals surface area contributed by atoms with E-state index in [1.165, 1.54) is 6.07 Å². The molecule has 0 saturated heterocycles. The van der Waals surface area contributed by atoms with E-state index in [2.05, 4.69) is 9.97 Å². The molecule has 5 heteroatoms. The van der Waals surface area contributed by atoms with Gasteiger partial charge in [0.2, 0.25) is 5.91 Å². The van der Waals surface area contributed by atoms with Gasteiger partial charge in [-0.3, -0.25) is 4.79 Å². The van der Waals surface area contributed by atoms with Crippen LogP contribution in [0.4, 0.5) is 4.39 Å². The van der Waals surface area contributed by atoms with E-state index >= 15 is 0 Å². The zero-order valence-electron chi connectivity index (χ0n) is 12.6. The van der Waals surface area contributed by atoms with E-state index in [1.54, 1.807) is 25.5 Å². The Morgan fingerprint density at radius 2 is 2.27 bits per heavy atom. The first-order valence-corrected chi connectivity index (χ1v) is 7.44. The molecule has 1 aliphatic heterocycles. The van der Waals surface area contributed by atoms with Crippen molar-refractivity contribution in [3.05, 3.63) is 58.9 Å².